The number of rotatable bonds is 7. The predicted molar refractivity (Wildman–Crippen MR) is 68.8 cm³/mol. The topological polar surface area (TPSA) is 42.2 Å². The van der Waals surface area contributed by atoms with Gasteiger partial charge in [-0.1, -0.05) is 12.1 Å². The van der Waals surface area contributed by atoms with Crippen LogP contribution in [0.25, 0.3) is 0 Å². The van der Waals surface area contributed by atoms with E-state index in [-0.39, 0.29) is 6.29 Å². The van der Waals surface area contributed by atoms with Gasteiger partial charge in [-0.2, -0.15) is 5.26 Å². The number of ether oxygens (including phenoxy) is 2. The largest absolute Gasteiger partial charge is 0.352 e. The van der Waals surface area contributed by atoms with E-state index in [1.165, 1.54) is 4.90 Å². The van der Waals surface area contributed by atoms with Crippen molar-refractivity contribution in [2.45, 2.75) is 24.0 Å². The first-order chi connectivity index (χ1) is 8.31. The van der Waals surface area contributed by atoms with E-state index >= 15 is 0 Å². The highest BCUT2D eigenvalue weighted by Gasteiger charge is 2.07. The molecule has 1 aromatic rings. The summed E-state index contributed by atoms with van der Waals surface area (Å²) in [5.74, 6) is 0.977. The molecule has 0 unspecified atom stereocenters. The van der Waals surface area contributed by atoms with Crippen molar-refractivity contribution in [2.75, 3.05) is 20.0 Å². The predicted octanol–water partition coefficient (Wildman–Crippen LogP) is 3.37. The molecule has 0 atom stereocenters. The zero-order chi connectivity index (χ0) is 12.5. The molecule has 92 valence electrons. The summed E-state index contributed by atoms with van der Waals surface area (Å²) in [5, 5.41) is 8.43. The second kappa shape index (κ2) is 8.13. The molecule has 1 rings (SSSR count). The normalized spacial score (nSPS) is 10.5. The fraction of sp³-hybridized carbons (Fsp3) is 0.462. The van der Waals surface area contributed by atoms with Gasteiger partial charge in [0, 0.05) is 31.1 Å². The van der Waals surface area contributed by atoms with Crippen LogP contribution < -0.4 is 0 Å². The third-order valence-electron chi connectivity index (χ3n) is 2.28. The van der Waals surface area contributed by atoms with E-state index in [2.05, 4.69) is 18.2 Å². The third-order valence-corrected chi connectivity index (χ3v) is 3.38. The van der Waals surface area contributed by atoms with E-state index < -0.39 is 0 Å². The van der Waals surface area contributed by atoms with Crippen molar-refractivity contribution >= 4 is 11.8 Å². The van der Waals surface area contributed by atoms with Crippen LogP contribution in [-0.4, -0.2) is 20.0 Å². The Labute approximate surface area is 107 Å². The van der Waals surface area contributed by atoms with Gasteiger partial charge in [0.1, 0.15) is 0 Å². The lowest BCUT2D eigenvalue weighted by molar-refractivity contribution is -0.106. The number of hydrogen-bond donors (Lipinski definition) is 0. The first-order valence-corrected chi connectivity index (χ1v) is 6.45. The molecule has 0 bridgehead atoms. The van der Waals surface area contributed by atoms with Crippen molar-refractivity contribution in [3.63, 3.8) is 0 Å². The summed E-state index contributed by atoms with van der Waals surface area (Å²) in [7, 11) is 3.25. The summed E-state index contributed by atoms with van der Waals surface area (Å²) in [6.45, 7) is 0. The van der Waals surface area contributed by atoms with Gasteiger partial charge in [-0.3, -0.25) is 0 Å². The fourth-order valence-corrected chi connectivity index (χ4v) is 2.28. The lowest BCUT2D eigenvalue weighted by Gasteiger charge is -2.13. The Kier molecular flexibility index (Phi) is 6.71. The maximum Gasteiger partial charge on any atom is 0.183 e. The van der Waals surface area contributed by atoms with Crippen LogP contribution in [0.5, 0.6) is 0 Å². The molecule has 17 heavy (non-hydrogen) atoms. The highest BCUT2D eigenvalue weighted by atomic mass is 32.2. The number of hydrogen-bond acceptors (Lipinski definition) is 4. The Morgan fingerprint density at radius 1 is 1.24 bits per heavy atom. The number of nitrogens with zero attached hydrogens (tertiary/aromatic N) is 1. The van der Waals surface area contributed by atoms with Crippen LogP contribution in [0.15, 0.2) is 29.2 Å². The molecule has 0 saturated heterocycles. The van der Waals surface area contributed by atoms with E-state index in [4.69, 9.17) is 14.7 Å². The molecule has 0 saturated carbocycles. The van der Waals surface area contributed by atoms with Crippen molar-refractivity contribution in [3.05, 3.63) is 29.8 Å². The summed E-state index contributed by atoms with van der Waals surface area (Å²) >= 11 is 1.76. The van der Waals surface area contributed by atoms with Crippen LogP contribution in [0.4, 0.5) is 0 Å². The molecule has 0 aliphatic rings. The quantitative estimate of drug-likeness (QED) is 0.423. The van der Waals surface area contributed by atoms with Gasteiger partial charge in [0.05, 0.1) is 6.07 Å². The lowest BCUT2D eigenvalue weighted by Crippen LogP contribution is -2.02. The Morgan fingerprint density at radius 3 is 2.41 bits per heavy atom. The molecule has 0 amide bonds. The number of benzene rings is 1. The minimum Gasteiger partial charge on any atom is -0.352 e. The minimum absolute atomic E-state index is 0.298. The molecule has 0 aliphatic heterocycles. The van der Waals surface area contributed by atoms with Crippen LogP contribution in [0.1, 0.15) is 24.7 Å². The maximum atomic E-state index is 8.43. The van der Waals surface area contributed by atoms with Crippen LogP contribution >= 0.6 is 11.8 Å². The van der Waals surface area contributed by atoms with E-state index in [9.17, 15) is 0 Å². The summed E-state index contributed by atoms with van der Waals surface area (Å²) in [4.78, 5) is 1.21. The van der Waals surface area contributed by atoms with E-state index in [1.807, 2.05) is 12.1 Å². The summed E-state index contributed by atoms with van der Waals surface area (Å²) in [6.07, 6.45) is 1.26. The standard InChI is InChI=1S/C13H17NO2S/c1-15-13(16-2)11-5-7-12(8-6-11)17-10-4-3-9-14/h5-8,13H,3-4,10H2,1-2H3. The van der Waals surface area contributed by atoms with E-state index in [0.717, 1.165) is 17.7 Å². The van der Waals surface area contributed by atoms with Gasteiger partial charge in [-0.05, 0) is 24.3 Å². The Hall–Kier alpha value is -1.02. The van der Waals surface area contributed by atoms with Crippen molar-refractivity contribution in [2.24, 2.45) is 0 Å². The zero-order valence-electron chi connectivity index (χ0n) is 10.2. The molecule has 0 heterocycles. The number of nitriles is 1. The maximum absolute atomic E-state index is 8.43. The van der Waals surface area contributed by atoms with Crippen LogP contribution in [-0.2, 0) is 9.47 Å². The molecule has 1 aromatic carbocycles. The fourth-order valence-electron chi connectivity index (χ4n) is 1.43. The van der Waals surface area contributed by atoms with Gasteiger partial charge in [-0.25, -0.2) is 0 Å². The zero-order valence-corrected chi connectivity index (χ0v) is 11.0. The first-order valence-electron chi connectivity index (χ1n) is 5.47. The minimum atomic E-state index is -0.298. The molecule has 4 heteroatoms. The van der Waals surface area contributed by atoms with Crippen molar-refractivity contribution in [3.8, 4) is 6.07 Å². The summed E-state index contributed by atoms with van der Waals surface area (Å²) in [6, 6.07) is 10.3. The second-order valence-corrected chi connectivity index (χ2v) is 4.65. The van der Waals surface area contributed by atoms with Crippen molar-refractivity contribution in [1.29, 1.82) is 5.26 Å². The van der Waals surface area contributed by atoms with Crippen LogP contribution in [0.3, 0.4) is 0 Å². The Bertz CT molecular complexity index is 355. The average molecular weight is 251 g/mol. The molecule has 0 fully saturated rings. The number of thioether (sulfide) groups is 1. The first kappa shape index (κ1) is 14.0. The van der Waals surface area contributed by atoms with E-state index in [0.29, 0.717) is 6.42 Å². The third kappa shape index (κ3) is 4.78. The van der Waals surface area contributed by atoms with Gasteiger partial charge >= 0.3 is 0 Å². The molecule has 0 aliphatic carbocycles. The van der Waals surface area contributed by atoms with Gasteiger partial charge in [-0.15, -0.1) is 11.8 Å². The molecule has 0 spiro atoms. The van der Waals surface area contributed by atoms with Crippen molar-refractivity contribution < 1.29 is 9.47 Å². The number of methoxy groups -OCH3 is 2. The monoisotopic (exact) mass is 251 g/mol. The summed E-state index contributed by atoms with van der Waals surface area (Å²) < 4.78 is 10.3. The smallest absolute Gasteiger partial charge is 0.183 e. The average Bonchev–Trinajstić information content (AvgIpc) is 2.38. The SMILES string of the molecule is COC(OC)c1ccc(SCCCC#N)cc1. The molecule has 0 aromatic heterocycles. The van der Waals surface area contributed by atoms with Gasteiger partial charge in [0.25, 0.3) is 0 Å². The van der Waals surface area contributed by atoms with E-state index in [1.54, 1.807) is 26.0 Å². The molecular formula is C13H17NO2S. The van der Waals surface area contributed by atoms with Crippen LogP contribution in [0, 0.1) is 11.3 Å². The molecule has 0 radical (unpaired) electrons. The summed E-state index contributed by atoms with van der Waals surface area (Å²) in [5.41, 5.74) is 1.01. The van der Waals surface area contributed by atoms with Crippen LogP contribution in [0.2, 0.25) is 0 Å². The highest BCUT2D eigenvalue weighted by Crippen LogP contribution is 2.23. The van der Waals surface area contributed by atoms with Gasteiger partial charge < -0.3 is 9.47 Å². The lowest BCUT2D eigenvalue weighted by atomic mass is 10.2. The number of unbranched alkanes of at least 4 members (excludes halogenated alkanes) is 1. The Morgan fingerprint density at radius 2 is 1.88 bits per heavy atom. The molecule has 0 N–H and O–H groups in total. The van der Waals surface area contributed by atoms with Gasteiger partial charge in [0.15, 0.2) is 6.29 Å². The second-order valence-electron chi connectivity index (χ2n) is 3.48. The highest BCUT2D eigenvalue weighted by molar-refractivity contribution is 7.99. The Balaban J connectivity index is 2.47. The molecular weight excluding hydrogens is 234 g/mol. The van der Waals surface area contributed by atoms with Gasteiger partial charge in [0.2, 0.25) is 0 Å². The van der Waals surface area contributed by atoms with Crippen molar-refractivity contribution in [1.82, 2.24) is 0 Å². The molecule has 3 nitrogen and oxygen atoms in total.